The van der Waals surface area contributed by atoms with Crippen LogP contribution in [0.4, 0.5) is 0 Å². The lowest BCUT2D eigenvalue weighted by Crippen LogP contribution is -2.13. The summed E-state index contributed by atoms with van der Waals surface area (Å²) in [6.07, 6.45) is 1.02. The van der Waals surface area contributed by atoms with Crippen molar-refractivity contribution in [1.29, 1.82) is 0 Å². The van der Waals surface area contributed by atoms with Crippen molar-refractivity contribution in [3.63, 3.8) is 0 Å². The van der Waals surface area contributed by atoms with E-state index in [0.717, 1.165) is 18.7 Å². The number of furan rings is 1. The summed E-state index contributed by atoms with van der Waals surface area (Å²) in [4.78, 5) is 11.5. The van der Waals surface area contributed by atoms with Crippen LogP contribution in [0.25, 0.3) is 0 Å². The van der Waals surface area contributed by atoms with Gasteiger partial charge in [-0.2, -0.15) is 0 Å². The maximum atomic E-state index is 11.5. The minimum atomic E-state index is -0.362. The number of hydrogen-bond acceptors (Lipinski definition) is 4. The van der Waals surface area contributed by atoms with Crippen LogP contribution >= 0.6 is 0 Å². The Morgan fingerprint density at radius 3 is 2.62 bits per heavy atom. The summed E-state index contributed by atoms with van der Waals surface area (Å²) in [6.45, 7) is 5.27. The van der Waals surface area contributed by atoms with Gasteiger partial charge in [-0.15, -0.1) is 0 Å². The van der Waals surface area contributed by atoms with Crippen molar-refractivity contribution in [3.8, 4) is 0 Å². The topological polar surface area (TPSA) is 51.5 Å². The zero-order valence-electron chi connectivity index (χ0n) is 12.7. The minimum Gasteiger partial charge on any atom is -0.465 e. The standard InChI is InChI=1S/C17H21NO3/c1-4-13-7-5-6-8-14(13)10-18-11-15-9-16(12(2)21-15)17(19)20-3/h5-9,18H,4,10-11H2,1-3H3. The van der Waals surface area contributed by atoms with Crippen molar-refractivity contribution >= 4 is 5.97 Å². The lowest BCUT2D eigenvalue weighted by molar-refractivity contribution is 0.0599. The quantitative estimate of drug-likeness (QED) is 0.829. The summed E-state index contributed by atoms with van der Waals surface area (Å²) in [7, 11) is 1.37. The Morgan fingerprint density at radius 1 is 1.24 bits per heavy atom. The van der Waals surface area contributed by atoms with Crippen molar-refractivity contribution < 1.29 is 13.9 Å². The van der Waals surface area contributed by atoms with Gasteiger partial charge < -0.3 is 14.5 Å². The molecule has 1 N–H and O–H groups in total. The molecule has 4 nitrogen and oxygen atoms in total. The molecule has 0 fully saturated rings. The van der Waals surface area contributed by atoms with Crippen molar-refractivity contribution in [2.24, 2.45) is 0 Å². The van der Waals surface area contributed by atoms with Gasteiger partial charge in [0.15, 0.2) is 0 Å². The van der Waals surface area contributed by atoms with E-state index in [0.29, 0.717) is 17.9 Å². The van der Waals surface area contributed by atoms with Crippen molar-refractivity contribution in [1.82, 2.24) is 5.32 Å². The second-order valence-corrected chi connectivity index (χ2v) is 4.90. The normalized spacial score (nSPS) is 10.6. The van der Waals surface area contributed by atoms with Gasteiger partial charge in [0.05, 0.1) is 13.7 Å². The van der Waals surface area contributed by atoms with E-state index < -0.39 is 0 Å². The molecule has 2 aromatic rings. The van der Waals surface area contributed by atoms with Crippen molar-refractivity contribution in [3.05, 3.63) is 58.5 Å². The zero-order valence-corrected chi connectivity index (χ0v) is 12.7. The van der Waals surface area contributed by atoms with E-state index in [1.54, 1.807) is 13.0 Å². The summed E-state index contributed by atoms with van der Waals surface area (Å²) < 4.78 is 10.3. The van der Waals surface area contributed by atoms with Crippen LogP contribution in [0.5, 0.6) is 0 Å². The Kier molecular flexibility index (Phi) is 5.17. The van der Waals surface area contributed by atoms with Gasteiger partial charge in [0, 0.05) is 6.54 Å². The van der Waals surface area contributed by atoms with Gasteiger partial charge in [-0.25, -0.2) is 4.79 Å². The monoisotopic (exact) mass is 287 g/mol. The van der Waals surface area contributed by atoms with Gasteiger partial charge in [0.1, 0.15) is 17.1 Å². The molecule has 1 heterocycles. The number of hydrogen-bond donors (Lipinski definition) is 1. The van der Waals surface area contributed by atoms with Crippen LogP contribution in [0.15, 0.2) is 34.7 Å². The van der Waals surface area contributed by atoms with Gasteiger partial charge in [0.25, 0.3) is 0 Å². The van der Waals surface area contributed by atoms with E-state index in [4.69, 9.17) is 9.15 Å². The van der Waals surface area contributed by atoms with Gasteiger partial charge in [0.2, 0.25) is 0 Å². The Bertz CT molecular complexity index is 616. The SMILES string of the molecule is CCc1ccccc1CNCc1cc(C(=O)OC)c(C)o1. The zero-order chi connectivity index (χ0) is 15.2. The third-order valence-electron chi connectivity index (χ3n) is 3.49. The smallest absolute Gasteiger partial charge is 0.341 e. The number of esters is 1. The molecule has 0 saturated heterocycles. The van der Waals surface area contributed by atoms with E-state index in [1.807, 2.05) is 6.07 Å². The van der Waals surface area contributed by atoms with Crippen LogP contribution in [0.2, 0.25) is 0 Å². The molecule has 0 spiro atoms. The molecule has 0 amide bonds. The molecule has 0 aliphatic heterocycles. The highest BCUT2D eigenvalue weighted by atomic mass is 16.5. The molecule has 0 aliphatic carbocycles. The molecule has 0 atom stereocenters. The molecular weight excluding hydrogens is 266 g/mol. The van der Waals surface area contributed by atoms with Gasteiger partial charge in [-0.3, -0.25) is 0 Å². The fourth-order valence-corrected chi connectivity index (χ4v) is 2.34. The maximum absolute atomic E-state index is 11.5. The van der Waals surface area contributed by atoms with Crippen LogP contribution in [0, 0.1) is 6.92 Å². The fraction of sp³-hybridized carbons (Fsp3) is 0.353. The Hall–Kier alpha value is -2.07. The van der Waals surface area contributed by atoms with Crippen LogP contribution in [0.1, 0.15) is 39.9 Å². The van der Waals surface area contributed by atoms with Crippen LogP contribution in [-0.4, -0.2) is 13.1 Å². The summed E-state index contributed by atoms with van der Waals surface area (Å²) >= 11 is 0. The third-order valence-corrected chi connectivity index (χ3v) is 3.49. The first kappa shape index (κ1) is 15.3. The van der Waals surface area contributed by atoms with E-state index in [9.17, 15) is 4.79 Å². The highest BCUT2D eigenvalue weighted by Crippen LogP contribution is 2.16. The first-order chi connectivity index (χ1) is 10.2. The number of methoxy groups -OCH3 is 1. The number of aryl methyl sites for hydroxylation is 2. The molecule has 1 aromatic heterocycles. The predicted molar refractivity (Wildman–Crippen MR) is 81.1 cm³/mol. The predicted octanol–water partition coefficient (Wildman–Crippen LogP) is 3.23. The molecule has 0 saturated carbocycles. The maximum Gasteiger partial charge on any atom is 0.341 e. The lowest BCUT2D eigenvalue weighted by atomic mass is 10.1. The molecule has 112 valence electrons. The van der Waals surface area contributed by atoms with Crippen LogP contribution in [-0.2, 0) is 24.2 Å². The average molecular weight is 287 g/mol. The molecule has 4 heteroatoms. The lowest BCUT2D eigenvalue weighted by Gasteiger charge is -2.08. The Balaban J connectivity index is 1.96. The fourth-order valence-electron chi connectivity index (χ4n) is 2.34. The van der Waals surface area contributed by atoms with Crippen LogP contribution in [0.3, 0.4) is 0 Å². The molecule has 2 rings (SSSR count). The number of benzene rings is 1. The molecule has 1 aromatic carbocycles. The average Bonchev–Trinajstić information content (AvgIpc) is 2.88. The number of ether oxygens (including phenoxy) is 1. The van der Waals surface area contributed by atoms with E-state index >= 15 is 0 Å². The van der Waals surface area contributed by atoms with Crippen molar-refractivity contribution in [2.75, 3.05) is 7.11 Å². The van der Waals surface area contributed by atoms with Gasteiger partial charge in [-0.05, 0) is 30.5 Å². The number of carbonyl (C=O) groups is 1. The highest BCUT2D eigenvalue weighted by molar-refractivity contribution is 5.90. The summed E-state index contributed by atoms with van der Waals surface area (Å²) in [5.41, 5.74) is 3.12. The number of nitrogens with one attached hydrogen (secondary N) is 1. The van der Waals surface area contributed by atoms with E-state index in [1.165, 1.54) is 18.2 Å². The van der Waals surface area contributed by atoms with E-state index in [-0.39, 0.29) is 5.97 Å². The van der Waals surface area contributed by atoms with Gasteiger partial charge >= 0.3 is 5.97 Å². The third kappa shape index (κ3) is 3.73. The van der Waals surface area contributed by atoms with Crippen molar-refractivity contribution in [2.45, 2.75) is 33.4 Å². The second-order valence-electron chi connectivity index (χ2n) is 4.90. The molecule has 21 heavy (non-hydrogen) atoms. The molecule has 0 unspecified atom stereocenters. The molecular formula is C17H21NO3. The largest absolute Gasteiger partial charge is 0.465 e. The summed E-state index contributed by atoms with van der Waals surface area (Å²) in [6, 6.07) is 10.1. The molecule has 0 radical (unpaired) electrons. The summed E-state index contributed by atoms with van der Waals surface area (Å²) in [5, 5.41) is 3.34. The Labute approximate surface area is 125 Å². The second kappa shape index (κ2) is 7.09. The molecule has 0 bridgehead atoms. The molecule has 0 aliphatic rings. The number of carbonyl (C=O) groups excluding carboxylic acids is 1. The minimum absolute atomic E-state index is 0.362. The number of rotatable bonds is 6. The van der Waals surface area contributed by atoms with Gasteiger partial charge in [-0.1, -0.05) is 31.2 Å². The van der Waals surface area contributed by atoms with E-state index in [2.05, 4.69) is 30.4 Å². The Morgan fingerprint density at radius 2 is 1.95 bits per heavy atom. The first-order valence-electron chi connectivity index (χ1n) is 7.10. The highest BCUT2D eigenvalue weighted by Gasteiger charge is 2.14. The first-order valence-corrected chi connectivity index (χ1v) is 7.10. The van der Waals surface area contributed by atoms with Crippen LogP contribution < -0.4 is 5.32 Å². The summed E-state index contributed by atoms with van der Waals surface area (Å²) in [5.74, 6) is 0.966.